The Kier molecular flexibility index (Phi) is 4.78. The minimum atomic E-state index is 0.0953. The molecule has 0 aliphatic carbocycles. The summed E-state index contributed by atoms with van der Waals surface area (Å²) in [5, 5.41) is 3.92. The van der Waals surface area contributed by atoms with Gasteiger partial charge in [-0.05, 0) is 42.5 Å². The van der Waals surface area contributed by atoms with Gasteiger partial charge in [-0.2, -0.15) is 5.10 Å². The first kappa shape index (κ1) is 14.9. The third-order valence-electron chi connectivity index (χ3n) is 2.66. The molecule has 3 N–H and O–H groups in total. The van der Waals surface area contributed by atoms with Gasteiger partial charge < -0.3 is 19.6 Å². The van der Waals surface area contributed by atoms with E-state index in [0.29, 0.717) is 23.0 Å². The molecule has 1 aromatic carbocycles. The Morgan fingerprint density at radius 3 is 2.67 bits per heavy atom. The second-order valence-corrected chi connectivity index (χ2v) is 4.45. The molecule has 0 saturated heterocycles. The number of furan rings is 1. The minimum Gasteiger partial charge on any atom is -0.493 e. The van der Waals surface area contributed by atoms with Crippen molar-refractivity contribution < 1.29 is 13.9 Å². The molecule has 0 saturated carbocycles. The van der Waals surface area contributed by atoms with E-state index in [1.807, 2.05) is 24.3 Å². The maximum Gasteiger partial charge on any atom is 0.184 e. The topological polar surface area (TPSA) is 82.0 Å². The van der Waals surface area contributed by atoms with Gasteiger partial charge in [0.1, 0.15) is 11.5 Å². The van der Waals surface area contributed by atoms with Crippen LogP contribution in [0.3, 0.4) is 0 Å². The van der Waals surface area contributed by atoms with Gasteiger partial charge in [0.25, 0.3) is 0 Å². The maximum atomic E-state index is 5.65. The average molecular weight is 305 g/mol. The molecule has 0 radical (unpaired) electrons. The van der Waals surface area contributed by atoms with Crippen LogP contribution in [0.4, 0.5) is 0 Å². The third kappa shape index (κ3) is 3.73. The van der Waals surface area contributed by atoms with Crippen molar-refractivity contribution in [2.24, 2.45) is 10.8 Å². The molecule has 0 atom stereocenters. The van der Waals surface area contributed by atoms with E-state index < -0.39 is 0 Å². The normalized spacial score (nSPS) is 10.6. The van der Waals surface area contributed by atoms with Crippen LogP contribution < -0.4 is 20.6 Å². The van der Waals surface area contributed by atoms with Gasteiger partial charge >= 0.3 is 0 Å². The molecule has 0 bridgehead atoms. The number of methoxy groups -OCH3 is 2. The molecule has 0 aliphatic rings. The summed E-state index contributed by atoms with van der Waals surface area (Å²) in [5.41, 5.74) is 8.59. The first-order chi connectivity index (χ1) is 10.1. The molecule has 21 heavy (non-hydrogen) atoms. The van der Waals surface area contributed by atoms with Crippen LogP contribution >= 0.6 is 12.2 Å². The maximum absolute atomic E-state index is 5.65. The largest absolute Gasteiger partial charge is 0.493 e. The van der Waals surface area contributed by atoms with Crippen molar-refractivity contribution in [1.82, 2.24) is 5.43 Å². The highest BCUT2D eigenvalue weighted by Crippen LogP contribution is 2.32. The van der Waals surface area contributed by atoms with E-state index >= 15 is 0 Å². The van der Waals surface area contributed by atoms with Crippen LogP contribution in [0, 0.1) is 0 Å². The summed E-state index contributed by atoms with van der Waals surface area (Å²) in [6.07, 6.45) is 1.49. The lowest BCUT2D eigenvalue weighted by atomic mass is 10.1. The molecule has 110 valence electrons. The molecule has 0 fully saturated rings. The van der Waals surface area contributed by atoms with Crippen molar-refractivity contribution >= 4 is 23.5 Å². The summed E-state index contributed by atoms with van der Waals surface area (Å²) in [5.74, 6) is 2.56. The van der Waals surface area contributed by atoms with Crippen molar-refractivity contribution in [3.8, 4) is 22.8 Å². The van der Waals surface area contributed by atoms with Gasteiger partial charge in [-0.25, -0.2) is 0 Å². The summed E-state index contributed by atoms with van der Waals surface area (Å²) in [6, 6.07) is 9.17. The number of ether oxygens (including phenoxy) is 2. The number of thiocarbonyl (C=S) groups is 1. The highest BCUT2D eigenvalue weighted by Gasteiger charge is 2.09. The molecule has 1 heterocycles. The van der Waals surface area contributed by atoms with Crippen LogP contribution in [-0.4, -0.2) is 25.5 Å². The first-order valence-electron chi connectivity index (χ1n) is 6.04. The van der Waals surface area contributed by atoms with Crippen molar-refractivity contribution in [1.29, 1.82) is 0 Å². The molecular weight excluding hydrogens is 290 g/mol. The van der Waals surface area contributed by atoms with Gasteiger partial charge in [-0.15, -0.1) is 0 Å². The molecular formula is C14H15N3O3S. The SMILES string of the molecule is COc1ccc(-c2ccc(/C=N/NC(N)=S)o2)cc1OC. The molecule has 7 heteroatoms. The Morgan fingerprint density at radius 1 is 1.24 bits per heavy atom. The Bertz CT molecular complexity index is 667. The number of benzene rings is 1. The summed E-state index contributed by atoms with van der Waals surface area (Å²) in [6.45, 7) is 0. The van der Waals surface area contributed by atoms with Gasteiger partial charge in [0.05, 0.1) is 20.4 Å². The molecule has 2 aromatic rings. The highest BCUT2D eigenvalue weighted by molar-refractivity contribution is 7.80. The minimum absolute atomic E-state index is 0.0953. The summed E-state index contributed by atoms with van der Waals surface area (Å²) in [4.78, 5) is 0. The summed E-state index contributed by atoms with van der Waals surface area (Å²) >= 11 is 4.64. The first-order valence-corrected chi connectivity index (χ1v) is 6.45. The van der Waals surface area contributed by atoms with Gasteiger partial charge in [0, 0.05) is 5.56 Å². The lowest BCUT2D eigenvalue weighted by molar-refractivity contribution is 0.355. The van der Waals surface area contributed by atoms with Crippen molar-refractivity contribution in [2.45, 2.75) is 0 Å². The Hall–Kier alpha value is -2.54. The quantitative estimate of drug-likeness (QED) is 0.500. The second-order valence-electron chi connectivity index (χ2n) is 4.01. The molecule has 6 nitrogen and oxygen atoms in total. The Balaban J connectivity index is 2.21. The van der Waals surface area contributed by atoms with Crippen molar-refractivity contribution in [2.75, 3.05) is 14.2 Å². The number of rotatable bonds is 5. The predicted molar refractivity (Wildman–Crippen MR) is 84.8 cm³/mol. The number of hydrogen-bond acceptors (Lipinski definition) is 5. The highest BCUT2D eigenvalue weighted by atomic mass is 32.1. The number of hydrazone groups is 1. The van der Waals surface area contributed by atoms with Crippen LogP contribution in [0.1, 0.15) is 5.76 Å². The van der Waals surface area contributed by atoms with Crippen LogP contribution in [0.15, 0.2) is 39.9 Å². The van der Waals surface area contributed by atoms with Crippen LogP contribution in [0.25, 0.3) is 11.3 Å². The summed E-state index contributed by atoms with van der Waals surface area (Å²) in [7, 11) is 3.18. The summed E-state index contributed by atoms with van der Waals surface area (Å²) < 4.78 is 16.1. The van der Waals surface area contributed by atoms with E-state index in [4.69, 9.17) is 19.6 Å². The third-order valence-corrected chi connectivity index (χ3v) is 2.75. The number of nitrogens with two attached hydrogens (primary N) is 1. The van der Waals surface area contributed by atoms with Crippen LogP contribution in [-0.2, 0) is 0 Å². The van der Waals surface area contributed by atoms with Crippen LogP contribution in [0.2, 0.25) is 0 Å². The van der Waals surface area contributed by atoms with E-state index in [1.165, 1.54) is 6.21 Å². The number of hydrogen-bond donors (Lipinski definition) is 2. The van der Waals surface area contributed by atoms with Gasteiger partial charge in [0.15, 0.2) is 16.6 Å². The number of nitrogens with zero attached hydrogens (tertiary/aromatic N) is 1. The van der Waals surface area contributed by atoms with Crippen LogP contribution in [0.5, 0.6) is 11.5 Å². The van der Waals surface area contributed by atoms with Gasteiger partial charge in [-0.1, -0.05) is 0 Å². The fourth-order valence-corrected chi connectivity index (χ4v) is 1.78. The van der Waals surface area contributed by atoms with Gasteiger partial charge in [0.2, 0.25) is 0 Å². The zero-order chi connectivity index (χ0) is 15.2. The molecule has 2 rings (SSSR count). The Labute approximate surface area is 127 Å². The molecule has 1 aromatic heterocycles. The fraction of sp³-hybridized carbons (Fsp3) is 0.143. The lowest BCUT2D eigenvalue weighted by Gasteiger charge is -2.08. The van der Waals surface area contributed by atoms with Crippen molar-refractivity contribution in [3.63, 3.8) is 0 Å². The Morgan fingerprint density at radius 2 is 2.00 bits per heavy atom. The fourth-order valence-electron chi connectivity index (χ4n) is 1.73. The lowest BCUT2D eigenvalue weighted by Crippen LogP contribution is -2.23. The van der Waals surface area contributed by atoms with Gasteiger partial charge in [-0.3, -0.25) is 5.43 Å². The molecule has 0 aliphatic heterocycles. The molecule has 0 unspecified atom stereocenters. The number of nitrogens with one attached hydrogen (secondary N) is 1. The van der Waals surface area contributed by atoms with E-state index in [9.17, 15) is 0 Å². The smallest absolute Gasteiger partial charge is 0.184 e. The standard InChI is InChI=1S/C14H15N3O3S/c1-18-12-5-3-9(7-13(12)19-2)11-6-4-10(20-11)8-16-17-14(15)21/h3-8H,1-2H3,(H3,15,17,21)/b16-8+. The van der Waals surface area contributed by atoms with E-state index in [2.05, 4.69) is 22.7 Å². The zero-order valence-electron chi connectivity index (χ0n) is 11.6. The van der Waals surface area contributed by atoms with Crippen molar-refractivity contribution in [3.05, 3.63) is 36.1 Å². The van der Waals surface area contributed by atoms with E-state index in [0.717, 1.165) is 5.56 Å². The zero-order valence-corrected chi connectivity index (χ0v) is 12.4. The van der Waals surface area contributed by atoms with E-state index in [-0.39, 0.29) is 5.11 Å². The molecule has 0 spiro atoms. The van der Waals surface area contributed by atoms with E-state index in [1.54, 1.807) is 20.3 Å². The predicted octanol–water partition coefficient (Wildman–Crippen LogP) is 2.13. The second kappa shape index (κ2) is 6.76. The monoisotopic (exact) mass is 305 g/mol. The molecule has 0 amide bonds. The average Bonchev–Trinajstić information content (AvgIpc) is 2.95.